The summed E-state index contributed by atoms with van der Waals surface area (Å²) >= 11 is 0. The zero-order chi connectivity index (χ0) is 19.5. The van der Waals surface area contributed by atoms with E-state index in [1.165, 1.54) is 48.8 Å². The molecule has 5 N–H and O–H groups in total. The van der Waals surface area contributed by atoms with Crippen LogP contribution in [0.1, 0.15) is 62.6 Å². The molecule has 2 aliphatic rings. The van der Waals surface area contributed by atoms with E-state index in [2.05, 4.69) is 45.6 Å². The van der Waals surface area contributed by atoms with Gasteiger partial charge < -0.3 is 16.1 Å². The zero-order valence-electron chi connectivity index (χ0n) is 17.0. The predicted octanol–water partition coefficient (Wildman–Crippen LogP) is 3.20. The van der Waals surface area contributed by atoms with E-state index in [1.807, 2.05) is 24.9 Å². The summed E-state index contributed by atoms with van der Waals surface area (Å²) in [5, 5.41) is 11.9. The first-order valence-corrected chi connectivity index (χ1v) is 10.5. The fourth-order valence-corrected chi connectivity index (χ4v) is 4.55. The average molecular weight is 381 g/mol. The average Bonchev–Trinajstić information content (AvgIpc) is 3.08. The van der Waals surface area contributed by atoms with Crippen LogP contribution in [0, 0.1) is 0 Å². The van der Waals surface area contributed by atoms with E-state index in [0.717, 1.165) is 29.9 Å². The molecule has 28 heavy (non-hydrogen) atoms. The molecule has 150 valence electrons. The number of nitrogens with one attached hydrogen (secondary N) is 3. The standard InChI is InChI=1S/C22H32N6/c1-15(27-23)22-19-9-8-16(17-13-25-28(2)14-17)12-20(19)21(10-11-24-22)26-18-6-4-3-5-7-18/h8-9,12-14,18,21,24,26-27H,3-7,10-11,23H2,1-2H3/b22-15-. The Morgan fingerprint density at radius 1 is 1.18 bits per heavy atom. The SMILES string of the molecule is C/C(NN)=C1/NCCC(NC2CCCCC2)c2cc(-c3cnn(C)c3)ccc21. The molecular weight excluding hydrogens is 348 g/mol. The molecule has 1 aromatic carbocycles. The summed E-state index contributed by atoms with van der Waals surface area (Å²) in [6.07, 6.45) is 11.7. The van der Waals surface area contributed by atoms with Crippen LogP contribution in [0.4, 0.5) is 0 Å². The van der Waals surface area contributed by atoms with Crippen LogP contribution in [0.3, 0.4) is 0 Å². The van der Waals surface area contributed by atoms with Crippen LogP contribution in [0.25, 0.3) is 16.8 Å². The van der Waals surface area contributed by atoms with Gasteiger partial charge in [0.15, 0.2) is 0 Å². The highest BCUT2D eigenvalue weighted by Gasteiger charge is 2.26. The molecule has 0 spiro atoms. The van der Waals surface area contributed by atoms with Crippen LogP contribution in [-0.4, -0.2) is 22.4 Å². The maximum Gasteiger partial charge on any atom is 0.0620 e. The van der Waals surface area contributed by atoms with Crippen molar-refractivity contribution in [1.82, 2.24) is 25.8 Å². The van der Waals surface area contributed by atoms with Crippen molar-refractivity contribution < 1.29 is 0 Å². The maximum atomic E-state index is 5.74. The Morgan fingerprint density at radius 2 is 2.00 bits per heavy atom. The smallest absolute Gasteiger partial charge is 0.0620 e. The first-order valence-electron chi connectivity index (χ1n) is 10.5. The lowest BCUT2D eigenvalue weighted by molar-refractivity contribution is 0.331. The molecular formula is C22H32N6. The molecule has 0 amide bonds. The third-order valence-corrected chi connectivity index (χ3v) is 6.10. The van der Waals surface area contributed by atoms with Gasteiger partial charge in [0.2, 0.25) is 0 Å². The summed E-state index contributed by atoms with van der Waals surface area (Å²) in [5.74, 6) is 5.74. The van der Waals surface area contributed by atoms with Gasteiger partial charge in [0.05, 0.1) is 11.9 Å². The van der Waals surface area contributed by atoms with Crippen molar-refractivity contribution in [2.45, 2.75) is 57.5 Å². The largest absolute Gasteiger partial charge is 0.383 e. The van der Waals surface area contributed by atoms with Gasteiger partial charge in [-0.25, -0.2) is 0 Å². The van der Waals surface area contributed by atoms with Crippen molar-refractivity contribution >= 4 is 5.70 Å². The van der Waals surface area contributed by atoms with Gasteiger partial charge in [0.25, 0.3) is 0 Å². The summed E-state index contributed by atoms with van der Waals surface area (Å²) in [5.41, 5.74) is 9.84. The van der Waals surface area contributed by atoms with Gasteiger partial charge in [-0.05, 0) is 43.4 Å². The van der Waals surface area contributed by atoms with E-state index in [1.54, 1.807) is 0 Å². The molecule has 1 unspecified atom stereocenters. The van der Waals surface area contributed by atoms with Crippen molar-refractivity contribution in [2.75, 3.05) is 6.54 Å². The maximum absolute atomic E-state index is 5.74. The Bertz CT molecular complexity index is 846. The quantitative estimate of drug-likeness (QED) is 0.484. The molecule has 1 aliphatic carbocycles. The number of rotatable bonds is 4. The Kier molecular flexibility index (Phi) is 5.69. The number of nitrogens with two attached hydrogens (primary N) is 1. The molecule has 1 fully saturated rings. The van der Waals surface area contributed by atoms with Crippen LogP contribution in [-0.2, 0) is 7.05 Å². The Balaban J connectivity index is 1.74. The van der Waals surface area contributed by atoms with Crippen molar-refractivity contribution in [3.63, 3.8) is 0 Å². The number of aromatic nitrogens is 2. The van der Waals surface area contributed by atoms with E-state index >= 15 is 0 Å². The molecule has 0 bridgehead atoms. The molecule has 2 aromatic rings. The predicted molar refractivity (Wildman–Crippen MR) is 114 cm³/mol. The number of hydrogen-bond donors (Lipinski definition) is 4. The zero-order valence-corrected chi connectivity index (χ0v) is 17.0. The molecule has 2 heterocycles. The second-order valence-electron chi connectivity index (χ2n) is 8.12. The van der Waals surface area contributed by atoms with Crippen molar-refractivity contribution in [1.29, 1.82) is 0 Å². The second-order valence-corrected chi connectivity index (χ2v) is 8.12. The highest BCUT2D eigenvalue weighted by Crippen LogP contribution is 2.34. The first kappa shape index (κ1) is 19.0. The van der Waals surface area contributed by atoms with Gasteiger partial charge in [-0.3, -0.25) is 10.5 Å². The summed E-state index contributed by atoms with van der Waals surface area (Å²) in [6.45, 7) is 2.95. The Morgan fingerprint density at radius 3 is 2.71 bits per heavy atom. The van der Waals surface area contributed by atoms with Gasteiger partial charge >= 0.3 is 0 Å². The second kappa shape index (κ2) is 8.37. The summed E-state index contributed by atoms with van der Waals surface area (Å²) < 4.78 is 1.86. The highest BCUT2D eigenvalue weighted by molar-refractivity contribution is 5.74. The number of hydrazine groups is 1. The topological polar surface area (TPSA) is 79.9 Å². The lowest BCUT2D eigenvalue weighted by Gasteiger charge is -2.29. The van der Waals surface area contributed by atoms with Gasteiger partial charge in [-0.2, -0.15) is 5.10 Å². The highest BCUT2D eigenvalue weighted by atomic mass is 15.2. The summed E-state index contributed by atoms with van der Waals surface area (Å²) in [4.78, 5) is 0. The third-order valence-electron chi connectivity index (χ3n) is 6.10. The van der Waals surface area contributed by atoms with Gasteiger partial charge in [0, 0.05) is 48.7 Å². The molecule has 1 atom stereocenters. The minimum atomic E-state index is 0.338. The summed E-state index contributed by atoms with van der Waals surface area (Å²) in [7, 11) is 1.96. The molecule has 1 aliphatic heterocycles. The fraction of sp³-hybridized carbons (Fsp3) is 0.500. The molecule has 0 saturated heterocycles. The van der Waals surface area contributed by atoms with Crippen molar-refractivity contribution in [3.8, 4) is 11.1 Å². The fourth-order valence-electron chi connectivity index (χ4n) is 4.55. The molecule has 0 radical (unpaired) electrons. The van der Waals surface area contributed by atoms with E-state index < -0.39 is 0 Å². The molecule has 1 aromatic heterocycles. The first-order chi connectivity index (χ1) is 13.7. The van der Waals surface area contributed by atoms with Crippen LogP contribution in [0.2, 0.25) is 0 Å². The lowest BCUT2D eigenvalue weighted by atomic mass is 9.90. The number of aryl methyl sites for hydroxylation is 1. The monoisotopic (exact) mass is 380 g/mol. The minimum Gasteiger partial charge on any atom is -0.383 e. The Hall–Kier alpha value is -2.31. The van der Waals surface area contributed by atoms with Crippen LogP contribution in [0.15, 0.2) is 36.3 Å². The van der Waals surface area contributed by atoms with Crippen LogP contribution >= 0.6 is 0 Å². The summed E-state index contributed by atoms with van der Waals surface area (Å²) in [6, 6.07) is 7.70. The number of benzene rings is 1. The minimum absolute atomic E-state index is 0.338. The van der Waals surface area contributed by atoms with Gasteiger partial charge in [-0.15, -0.1) is 0 Å². The van der Waals surface area contributed by atoms with Crippen molar-refractivity contribution in [3.05, 3.63) is 47.4 Å². The molecule has 4 rings (SSSR count). The van der Waals surface area contributed by atoms with Gasteiger partial charge in [-0.1, -0.05) is 31.4 Å². The third kappa shape index (κ3) is 3.93. The number of nitrogens with zero attached hydrogens (tertiary/aromatic N) is 2. The van der Waals surface area contributed by atoms with E-state index in [9.17, 15) is 0 Å². The van der Waals surface area contributed by atoms with E-state index in [4.69, 9.17) is 5.84 Å². The van der Waals surface area contributed by atoms with Crippen LogP contribution in [0.5, 0.6) is 0 Å². The van der Waals surface area contributed by atoms with Crippen molar-refractivity contribution in [2.24, 2.45) is 12.9 Å². The number of hydrogen-bond acceptors (Lipinski definition) is 5. The van der Waals surface area contributed by atoms with Gasteiger partial charge in [0.1, 0.15) is 0 Å². The Labute approximate surface area is 167 Å². The van der Waals surface area contributed by atoms with E-state index in [-0.39, 0.29) is 0 Å². The number of allylic oxidation sites excluding steroid dienone is 1. The molecule has 6 heteroatoms. The molecule has 1 saturated carbocycles. The normalized spacial score (nSPS) is 22.2. The lowest BCUT2D eigenvalue weighted by Crippen LogP contribution is -2.35. The van der Waals surface area contributed by atoms with Crippen LogP contribution < -0.4 is 21.9 Å². The molecule has 6 nitrogen and oxygen atoms in total. The number of fused-ring (bicyclic) bond motifs is 1. The van der Waals surface area contributed by atoms with E-state index in [0.29, 0.717) is 12.1 Å².